The summed E-state index contributed by atoms with van der Waals surface area (Å²) in [5, 5.41) is 0. The third-order valence-electron chi connectivity index (χ3n) is 5.03. The van der Waals surface area contributed by atoms with Crippen LogP contribution in [0.5, 0.6) is 0 Å². The number of benzene rings is 1. The average molecular weight is 370 g/mol. The number of hydrogen-bond donors (Lipinski definition) is 0. The fourth-order valence-corrected chi connectivity index (χ4v) is 4.69. The van der Waals surface area contributed by atoms with Gasteiger partial charge < -0.3 is 9.80 Å². The molecule has 2 aromatic rings. The zero-order valence-electron chi connectivity index (χ0n) is 15.7. The Kier molecular flexibility index (Phi) is 5.31. The predicted octanol–water partition coefficient (Wildman–Crippen LogP) is 2.90. The van der Waals surface area contributed by atoms with Gasteiger partial charge in [0.1, 0.15) is 5.82 Å². The maximum Gasteiger partial charge on any atom is 0.227 e. The lowest BCUT2D eigenvalue weighted by Gasteiger charge is -2.37. The van der Waals surface area contributed by atoms with Crippen molar-refractivity contribution in [3.8, 4) is 0 Å². The van der Waals surface area contributed by atoms with Crippen LogP contribution in [0.3, 0.4) is 0 Å². The van der Waals surface area contributed by atoms with Gasteiger partial charge in [0.05, 0.1) is 10.6 Å². The van der Waals surface area contributed by atoms with Crippen LogP contribution < -0.4 is 9.80 Å². The normalized spacial score (nSPS) is 17.8. The Balaban J connectivity index is 1.49. The highest BCUT2D eigenvalue weighted by molar-refractivity contribution is 7.99. The molecule has 5 nitrogen and oxygen atoms in total. The van der Waals surface area contributed by atoms with E-state index in [9.17, 15) is 0 Å². The standard InChI is InChI=1S/C20H27N5S/c1-23(2)20-21-17-9-6-14-26-18(17)19(22-20)25-12-10-24(11-13-25)15-16-7-4-3-5-8-16/h3-5,7-8H,6,9-15H2,1-2H3. The van der Waals surface area contributed by atoms with E-state index < -0.39 is 0 Å². The van der Waals surface area contributed by atoms with E-state index in [1.165, 1.54) is 28.3 Å². The van der Waals surface area contributed by atoms with Crippen molar-refractivity contribution in [1.82, 2.24) is 14.9 Å². The molecule has 0 N–H and O–H groups in total. The zero-order chi connectivity index (χ0) is 17.9. The Labute approximate surface area is 160 Å². The molecular formula is C20H27N5S. The molecule has 0 atom stereocenters. The maximum absolute atomic E-state index is 4.92. The van der Waals surface area contributed by atoms with Gasteiger partial charge in [-0.15, -0.1) is 11.8 Å². The first-order valence-corrected chi connectivity index (χ1v) is 10.4. The fraction of sp³-hybridized carbons (Fsp3) is 0.500. The van der Waals surface area contributed by atoms with Gasteiger partial charge in [0.25, 0.3) is 0 Å². The Morgan fingerprint density at radius 1 is 1.04 bits per heavy atom. The maximum atomic E-state index is 4.92. The number of nitrogens with zero attached hydrogens (tertiary/aromatic N) is 5. The highest BCUT2D eigenvalue weighted by Crippen LogP contribution is 2.37. The van der Waals surface area contributed by atoms with Crippen molar-refractivity contribution in [2.45, 2.75) is 24.3 Å². The molecule has 2 aliphatic heterocycles. The second-order valence-corrected chi connectivity index (χ2v) is 8.32. The molecule has 26 heavy (non-hydrogen) atoms. The van der Waals surface area contributed by atoms with Crippen molar-refractivity contribution < 1.29 is 0 Å². The van der Waals surface area contributed by atoms with Crippen LogP contribution in [0.2, 0.25) is 0 Å². The van der Waals surface area contributed by atoms with Gasteiger partial charge in [-0.25, -0.2) is 4.98 Å². The van der Waals surface area contributed by atoms with Gasteiger partial charge in [-0.2, -0.15) is 4.98 Å². The van der Waals surface area contributed by atoms with E-state index >= 15 is 0 Å². The Morgan fingerprint density at radius 3 is 2.54 bits per heavy atom. The highest BCUT2D eigenvalue weighted by Gasteiger charge is 2.25. The third-order valence-corrected chi connectivity index (χ3v) is 6.23. The Morgan fingerprint density at radius 2 is 1.81 bits per heavy atom. The van der Waals surface area contributed by atoms with Crippen LogP contribution >= 0.6 is 11.8 Å². The monoisotopic (exact) mass is 369 g/mol. The molecule has 1 aromatic heterocycles. The van der Waals surface area contributed by atoms with Crippen molar-refractivity contribution >= 4 is 23.5 Å². The Bertz CT molecular complexity index is 741. The number of fused-ring (bicyclic) bond motifs is 1. The largest absolute Gasteiger partial charge is 0.353 e. The number of piperazine rings is 1. The number of thioether (sulfide) groups is 1. The van der Waals surface area contributed by atoms with Gasteiger partial charge in [0.2, 0.25) is 5.95 Å². The van der Waals surface area contributed by atoms with Crippen LogP contribution in [0, 0.1) is 0 Å². The van der Waals surface area contributed by atoms with Gasteiger partial charge in [0, 0.05) is 46.8 Å². The minimum atomic E-state index is 0.841. The van der Waals surface area contributed by atoms with Gasteiger partial charge >= 0.3 is 0 Å². The summed E-state index contributed by atoms with van der Waals surface area (Å²) in [5.74, 6) is 3.18. The molecule has 0 bridgehead atoms. The lowest BCUT2D eigenvalue weighted by molar-refractivity contribution is 0.249. The summed E-state index contributed by atoms with van der Waals surface area (Å²) < 4.78 is 0. The van der Waals surface area contributed by atoms with E-state index in [2.05, 4.69) is 40.1 Å². The average Bonchev–Trinajstić information content (AvgIpc) is 2.68. The number of anilines is 2. The minimum Gasteiger partial charge on any atom is -0.353 e. The van der Waals surface area contributed by atoms with E-state index in [0.29, 0.717) is 0 Å². The lowest BCUT2D eigenvalue weighted by atomic mass is 10.2. The van der Waals surface area contributed by atoms with Crippen LogP contribution in [-0.2, 0) is 13.0 Å². The topological polar surface area (TPSA) is 35.5 Å². The molecule has 6 heteroatoms. The van der Waals surface area contributed by atoms with E-state index in [1.54, 1.807) is 0 Å². The second-order valence-electron chi connectivity index (χ2n) is 7.22. The number of rotatable bonds is 4. The van der Waals surface area contributed by atoms with E-state index in [-0.39, 0.29) is 0 Å². The summed E-state index contributed by atoms with van der Waals surface area (Å²) in [4.78, 5) is 18.1. The molecule has 4 rings (SSSR count). The molecule has 0 radical (unpaired) electrons. The zero-order valence-corrected chi connectivity index (χ0v) is 16.5. The molecule has 3 heterocycles. The fourth-order valence-electron chi connectivity index (χ4n) is 3.58. The summed E-state index contributed by atoms with van der Waals surface area (Å²) in [6, 6.07) is 10.8. The van der Waals surface area contributed by atoms with E-state index in [1.807, 2.05) is 30.8 Å². The minimum absolute atomic E-state index is 0.841. The molecule has 0 saturated carbocycles. The first-order valence-electron chi connectivity index (χ1n) is 9.43. The first-order chi connectivity index (χ1) is 12.7. The molecule has 0 aliphatic carbocycles. The number of hydrogen-bond acceptors (Lipinski definition) is 6. The van der Waals surface area contributed by atoms with Crippen molar-refractivity contribution in [2.24, 2.45) is 0 Å². The van der Waals surface area contributed by atoms with E-state index in [4.69, 9.17) is 9.97 Å². The summed E-state index contributed by atoms with van der Waals surface area (Å²) >= 11 is 1.93. The van der Waals surface area contributed by atoms with Crippen molar-refractivity contribution in [1.29, 1.82) is 0 Å². The molecule has 138 valence electrons. The van der Waals surface area contributed by atoms with Gasteiger partial charge in [-0.1, -0.05) is 30.3 Å². The van der Waals surface area contributed by atoms with Crippen LogP contribution in [0.25, 0.3) is 0 Å². The molecular weight excluding hydrogens is 342 g/mol. The lowest BCUT2D eigenvalue weighted by Crippen LogP contribution is -2.46. The van der Waals surface area contributed by atoms with Crippen LogP contribution in [0.4, 0.5) is 11.8 Å². The predicted molar refractivity (Wildman–Crippen MR) is 109 cm³/mol. The Hall–Kier alpha value is -1.79. The molecule has 0 spiro atoms. The summed E-state index contributed by atoms with van der Waals surface area (Å²) in [7, 11) is 4.05. The molecule has 1 saturated heterocycles. The first kappa shape index (κ1) is 17.6. The molecule has 2 aliphatic rings. The SMILES string of the molecule is CN(C)c1nc2c(c(N3CCN(Cc4ccccc4)CC3)n1)SCCC2. The smallest absolute Gasteiger partial charge is 0.227 e. The highest BCUT2D eigenvalue weighted by atomic mass is 32.2. The summed E-state index contributed by atoms with van der Waals surface area (Å²) in [6.07, 6.45) is 2.29. The molecule has 0 unspecified atom stereocenters. The van der Waals surface area contributed by atoms with Crippen molar-refractivity contribution in [3.05, 3.63) is 41.6 Å². The van der Waals surface area contributed by atoms with Gasteiger partial charge in [0.15, 0.2) is 0 Å². The summed E-state index contributed by atoms with van der Waals surface area (Å²) in [5.41, 5.74) is 2.63. The summed E-state index contributed by atoms with van der Waals surface area (Å²) in [6.45, 7) is 5.26. The van der Waals surface area contributed by atoms with Crippen LogP contribution in [0.1, 0.15) is 17.7 Å². The van der Waals surface area contributed by atoms with E-state index in [0.717, 1.165) is 50.9 Å². The van der Waals surface area contributed by atoms with Gasteiger partial charge in [-0.3, -0.25) is 4.90 Å². The molecule has 1 fully saturated rings. The molecule has 1 aromatic carbocycles. The number of aryl methyl sites for hydroxylation is 1. The third kappa shape index (κ3) is 3.81. The van der Waals surface area contributed by atoms with Crippen LogP contribution in [-0.4, -0.2) is 60.9 Å². The number of aromatic nitrogens is 2. The van der Waals surface area contributed by atoms with Crippen molar-refractivity contribution in [3.63, 3.8) is 0 Å². The second kappa shape index (κ2) is 7.84. The quantitative estimate of drug-likeness (QED) is 0.825. The molecule has 0 amide bonds. The van der Waals surface area contributed by atoms with Crippen molar-refractivity contribution in [2.75, 3.05) is 55.8 Å². The van der Waals surface area contributed by atoms with Gasteiger partial charge in [-0.05, 0) is 24.2 Å². The van der Waals surface area contributed by atoms with Crippen LogP contribution in [0.15, 0.2) is 35.2 Å².